The van der Waals surface area contributed by atoms with Gasteiger partial charge in [-0.3, -0.25) is 4.79 Å². The molecular formula is C25H26F6N2O4S. The number of piperidine rings is 1. The molecule has 5 atom stereocenters. The van der Waals surface area contributed by atoms with Gasteiger partial charge < -0.3 is 10.0 Å². The molecule has 2 fully saturated rings. The highest BCUT2D eigenvalue weighted by Crippen LogP contribution is 2.50. The highest BCUT2D eigenvalue weighted by molar-refractivity contribution is 7.89. The van der Waals surface area contributed by atoms with Crippen molar-refractivity contribution in [1.29, 1.82) is 0 Å². The zero-order valence-electron chi connectivity index (χ0n) is 20.4. The first kappa shape index (κ1) is 28.4. The highest BCUT2D eigenvalue weighted by atomic mass is 32.2. The van der Waals surface area contributed by atoms with Gasteiger partial charge in [0.2, 0.25) is 10.0 Å². The van der Waals surface area contributed by atoms with Gasteiger partial charge >= 0.3 is 6.18 Å². The normalized spacial score (nSPS) is 24.7. The zero-order chi connectivity index (χ0) is 28.2. The van der Waals surface area contributed by atoms with Crippen LogP contribution in [-0.4, -0.2) is 60.0 Å². The van der Waals surface area contributed by atoms with Crippen molar-refractivity contribution in [2.75, 3.05) is 5.75 Å². The number of aliphatic hydroxyl groups is 1. The van der Waals surface area contributed by atoms with E-state index in [-0.39, 0.29) is 28.9 Å². The number of halogens is 6. The molecule has 1 heterocycles. The maximum atomic E-state index is 15.6. The van der Waals surface area contributed by atoms with Gasteiger partial charge in [-0.2, -0.15) is 13.2 Å². The van der Waals surface area contributed by atoms with Crippen LogP contribution in [0.1, 0.15) is 32.3 Å². The van der Waals surface area contributed by atoms with Gasteiger partial charge in [0, 0.05) is 23.7 Å². The Hall–Kier alpha value is -2.64. The smallest absolute Gasteiger partial charge is 0.380 e. The third kappa shape index (κ3) is 5.84. The van der Waals surface area contributed by atoms with Crippen LogP contribution in [-0.2, 0) is 21.2 Å². The number of likely N-dealkylation sites (tertiary alicyclic amines) is 1. The Balaban J connectivity index is 1.73. The van der Waals surface area contributed by atoms with E-state index in [2.05, 4.69) is 4.72 Å². The number of hydrogen-bond acceptors (Lipinski definition) is 4. The number of amides is 1. The summed E-state index contributed by atoms with van der Waals surface area (Å²) in [4.78, 5) is 14.3. The average molecular weight is 565 g/mol. The van der Waals surface area contributed by atoms with E-state index in [0.29, 0.717) is 12.5 Å². The first-order valence-corrected chi connectivity index (χ1v) is 13.5. The molecule has 1 aliphatic carbocycles. The van der Waals surface area contributed by atoms with Crippen LogP contribution in [0.3, 0.4) is 0 Å². The summed E-state index contributed by atoms with van der Waals surface area (Å²) in [7, 11) is -3.83. The number of carbonyl (C=O) groups excluding carboxylic acids is 1. The molecule has 1 aliphatic heterocycles. The van der Waals surface area contributed by atoms with Gasteiger partial charge in [-0.25, -0.2) is 26.3 Å². The van der Waals surface area contributed by atoms with Crippen molar-refractivity contribution in [3.8, 4) is 11.1 Å². The van der Waals surface area contributed by atoms with Crippen LogP contribution < -0.4 is 4.72 Å². The minimum atomic E-state index is -4.86. The fourth-order valence-corrected chi connectivity index (χ4v) is 6.15. The Morgan fingerprint density at radius 2 is 1.76 bits per heavy atom. The van der Waals surface area contributed by atoms with E-state index in [1.165, 1.54) is 25.1 Å². The van der Waals surface area contributed by atoms with E-state index in [1.807, 2.05) is 0 Å². The second kappa shape index (κ2) is 9.83. The maximum Gasteiger partial charge on any atom is 0.392 e. The SMILES string of the molecule is CCS(=O)(=O)N[C@@H]1[C@H]2C[C@H]2N(C(=O)C(C)(O)CC(F)(F)F)[C@@H]1Cc1cccc(-c2cc(F)cc(F)c2)c1F. The van der Waals surface area contributed by atoms with Crippen molar-refractivity contribution in [1.82, 2.24) is 9.62 Å². The van der Waals surface area contributed by atoms with Crippen molar-refractivity contribution >= 4 is 15.9 Å². The van der Waals surface area contributed by atoms with Crippen molar-refractivity contribution in [3.05, 3.63) is 59.4 Å². The lowest BCUT2D eigenvalue weighted by Crippen LogP contribution is -2.57. The molecule has 0 bridgehead atoms. The highest BCUT2D eigenvalue weighted by Gasteiger charge is 2.63. The number of hydrogen-bond donors (Lipinski definition) is 2. The third-order valence-electron chi connectivity index (χ3n) is 7.01. The molecule has 2 aromatic carbocycles. The topological polar surface area (TPSA) is 86.7 Å². The number of nitrogens with zero attached hydrogens (tertiary/aromatic N) is 1. The molecule has 1 saturated heterocycles. The number of rotatable bonds is 8. The molecule has 4 rings (SSSR count). The minimum absolute atomic E-state index is 0.0487. The molecule has 0 spiro atoms. The maximum absolute atomic E-state index is 15.6. The summed E-state index contributed by atoms with van der Waals surface area (Å²) in [6.07, 6.45) is -6.71. The van der Waals surface area contributed by atoms with Gasteiger partial charge in [0.1, 0.15) is 23.1 Å². The molecule has 38 heavy (non-hydrogen) atoms. The van der Waals surface area contributed by atoms with Crippen LogP contribution >= 0.6 is 0 Å². The quantitative estimate of drug-likeness (QED) is 0.476. The van der Waals surface area contributed by atoms with Crippen LogP contribution in [0.5, 0.6) is 0 Å². The van der Waals surface area contributed by atoms with Crippen LogP contribution in [0.4, 0.5) is 26.3 Å². The Labute approximate surface area is 215 Å². The number of carbonyl (C=O) groups is 1. The van der Waals surface area contributed by atoms with Gasteiger partial charge in [-0.05, 0) is 55.9 Å². The largest absolute Gasteiger partial charge is 0.392 e. The van der Waals surface area contributed by atoms with Crippen molar-refractivity contribution in [3.63, 3.8) is 0 Å². The number of sulfonamides is 1. The molecule has 2 aliphatic rings. The van der Waals surface area contributed by atoms with E-state index >= 15 is 4.39 Å². The van der Waals surface area contributed by atoms with E-state index < -0.39 is 75.6 Å². The third-order valence-corrected chi connectivity index (χ3v) is 8.40. The second-order valence-corrected chi connectivity index (χ2v) is 12.0. The molecule has 13 heteroatoms. The van der Waals surface area contributed by atoms with Crippen LogP contribution in [0.2, 0.25) is 0 Å². The van der Waals surface area contributed by atoms with Crippen LogP contribution in [0.15, 0.2) is 36.4 Å². The van der Waals surface area contributed by atoms with E-state index in [4.69, 9.17) is 0 Å². The summed E-state index contributed by atoms with van der Waals surface area (Å²) in [6.45, 7) is 2.12. The molecule has 1 unspecified atom stereocenters. The lowest BCUT2D eigenvalue weighted by molar-refractivity contribution is -0.188. The number of alkyl halides is 3. The van der Waals surface area contributed by atoms with E-state index in [1.54, 1.807) is 0 Å². The average Bonchev–Trinajstić information content (AvgIpc) is 3.50. The Morgan fingerprint density at radius 1 is 1.13 bits per heavy atom. The summed E-state index contributed by atoms with van der Waals surface area (Å²) < 4.78 is 110. The molecule has 1 saturated carbocycles. The second-order valence-electron chi connectivity index (χ2n) is 10.0. The Bertz CT molecular complexity index is 1330. The molecule has 208 valence electrons. The predicted molar refractivity (Wildman–Crippen MR) is 126 cm³/mol. The molecule has 0 aromatic heterocycles. The van der Waals surface area contributed by atoms with Crippen molar-refractivity contribution < 1.29 is 44.7 Å². The zero-order valence-corrected chi connectivity index (χ0v) is 21.2. The van der Waals surface area contributed by atoms with Gasteiger partial charge in [0.15, 0.2) is 0 Å². The molecule has 0 radical (unpaired) electrons. The van der Waals surface area contributed by atoms with Gasteiger partial charge in [-0.1, -0.05) is 18.2 Å². The fraction of sp³-hybridized carbons (Fsp3) is 0.480. The summed E-state index contributed by atoms with van der Waals surface area (Å²) >= 11 is 0. The molecular weight excluding hydrogens is 538 g/mol. The standard InChI is InChI=1S/C25H26F6N2O4S/c1-3-38(36,37)32-22-18-11-19(18)33(23(34)24(2,35)12-25(29,30)31)20(22)9-13-5-4-6-17(21(13)28)14-7-15(26)10-16(27)8-14/h4-8,10,18-20,22,32,35H,3,9,11-12H2,1-2H3/t18-,19+,20+,22+,24?/m0/s1. The summed E-state index contributed by atoms with van der Waals surface area (Å²) in [6, 6.07) is 3.80. The molecule has 2 aromatic rings. The van der Waals surface area contributed by atoms with Gasteiger partial charge in [0.25, 0.3) is 5.91 Å². The summed E-state index contributed by atoms with van der Waals surface area (Å²) in [5, 5.41) is 10.5. The number of benzene rings is 2. The lowest BCUT2D eigenvalue weighted by atomic mass is 9.93. The van der Waals surface area contributed by atoms with Gasteiger partial charge in [0.05, 0.1) is 18.2 Å². The Kier molecular flexibility index (Phi) is 7.34. The van der Waals surface area contributed by atoms with E-state index in [9.17, 15) is 40.3 Å². The van der Waals surface area contributed by atoms with Crippen molar-refractivity contribution in [2.24, 2.45) is 5.92 Å². The van der Waals surface area contributed by atoms with Crippen molar-refractivity contribution in [2.45, 2.75) is 63.0 Å². The minimum Gasteiger partial charge on any atom is -0.380 e. The molecule has 6 nitrogen and oxygen atoms in total. The van der Waals surface area contributed by atoms with Crippen LogP contribution in [0, 0.1) is 23.4 Å². The monoisotopic (exact) mass is 564 g/mol. The van der Waals surface area contributed by atoms with Gasteiger partial charge in [-0.15, -0.1) is 0 Å². The summed E-state index contributed by atoms with van der Waals surface area (Å²) in [5.74, 6) is -4.73. The summed E-state index contributed by atoms with van der Waals surface area (Å²) in [5.41, 5.74) is -3.13. The Morgan fingerprint density at radius 3 is 2.34 bits per heavy atom. The molecule has 2 N–H and O–H groups in total. The first-order valence-electron chi connectivity index (χ1n) is 11.9. The number of fused-ring (bicyclic) bond motifs is 1. The first-order chi connectivity index (χ1) is 17.5. The lowest BCUT2D eigenvalue weighted by Gasteiger charge is -2.37. The number of nitrogens with one attached hydrogen (secondary N) is 1. The molecule has 1 amide bonds. The fourth-order valence-electron chi connectivity index (χ4n) is 5.23. The predicted octanol–water partition coefficient (Wildman–Crippen LogP) is 3.92. The van der Waals surface area contributed by atoms with E-state index in [0.717, 1.165) is 24.0 Å². The van der Waals surface area contributed by atoms with Crippen LogP contribution in [0.25, 0.3) is 11.1 Å².